The summed E-state index contributed by atoms with van der Waals surface area (Å²) in [6.07, 6.45) is 8.85. The summed E-state index contributed by atoms with van der Waals surface area (Å²) in [5, 5.41) is 10.2. The summed E-state index contributed by atoms with van der Waals surface area (Å²) in [6.45, 7) is -0.0710. The lowest BCUT2D eigenvalue weighted by Gasteiger charge is -2.17. The molecule has 0 aromatic rings. The maximum Gasteiger partial charge on any atom is 0.204 e. The molecule has 0 aliphatic heterocycles. The maximum absolute atomic E-state index is 11.8. The number of carbonyl (C=O) groups is 1. The van der Waals surface area contributed by atoms with E-state index in [1.54, 1.807) is 0 Å². The van der Waals surface area contributed by atoms with Crippen LogP contribution in [0.15, 0.2) is 0 Å². The number of ketones is 1. The second-order valence-electron chi connectivity index (χ2n) is 4.67. The Balaban J connectivity index is 2.24. The van der Waals surface area contributed by atoms with Crippen LogP contribution in [0.4, 0.5) is 0 Å². The minimum atomic E-state index is -0.342. The Morgan fingerprint density at radius 1 is 1.12 bits per heavy atom. The molecule has 1 aliphatic rings. The summed E-state index contributed by atoms with van der Waals surface area (Å²) < 4.78 is 0. The molecule has 92 valence electrons. The van der Waals surface area contributed by atoms with Crippen molar-refractivity contribution < 1.29 is 9.72 Å². The first-order valence-corrected chi connectivity index (χ1v) is 6.34. The Morgan fingerprint density at radius 3 is 2.25 bits per heavy atom. The maximum atomic E-state index is 11.8. The Hall–Kier alpha value is -0.930. The highest BCUT2D eigenvalue weighted by atomic mass is 16.6. The highest BCUT2D eigenvalue weighted by Gasteiger charge is 2.19. The van der Waals surface area contributed by atoms with E-state index in [0.29, 0.717) is 12.8 Å². The molecule has 1 aliphatic carbocycles. The zero-order valence-corrected chi connectivity index (χ0v) is 9.82. The molecule has 0 N–H and O–H groups in total. The molecule has 0 saturated heterocycles. The second kappa shape index (κ2) is 7.36. The smallest absolute Gasteiger partial charge is 0.204 e. The summed E-state index contributed by atoms with van der Waals surface area (Å²) >= 11 is 0. The van der Waals surface area contributed by atoms with Crippen molar-refractivity contribution in [3.05, 3.63) is 10.1 Å². The molecule has 1 saturated carbocycles. The Morgan fingerprint density at radius 2 is 1.69 bits per heavy atom. The van der Waals surface area contributed by atoms with E-state index in [4.69, 9.17) is 0 Å². The second-order valence-corrected chi connectivity index (χ2v) is 4.67. The van der Waals surface area contributed by atoms with Crippen molar-refractivity contribution in [2.45, 2.75) is 57.8 Å². The van der Waals surface area contributed by atoms with Gasteiger partial charge in [-0.15, -0.1) is 0 Å². The Kier molecular flexibility index (Phi) is 6.04. The normalized spacial score (nSPS) is 18.8. The number of carbonyl (C=O) groups excluding carboxylic acids is 1. The van der Waals surface area contributed by atoms with Gasteiger partial charge in [-0.25, -0.2) is 0 Å². The van der Waals surface area contributed by atoms with Gasteiger partial charge in [-0.2, -0.15) is 0 Å². The van der Waals surface area contributed by atoms with Gasteiger partial charge < -0.3 is 0 Å². The summed E-state index contributed by atoms with van der Waals surface area (Å²) in [5.74, 6) is 0.441. The molecule has 0 amide bonds. The third-order valence-corrected chi connectivity index (χ3v) is 3.32. The number of rotatable bonds is 5. The molecule has 4 nitrogen and oxygen atoms in total. The van der Waals surface area contributed by atoms with Crippen molar-refractivity contribution in [3.63, 3.8) is 0 Å². The van der Waals surface area contributed by atoms with Crippen molar-refractivity contribution in [1.82, 2.24) is 0 Å². The highest BCUT2D eigenvalue weighted by molar-refractivity contribution is 5.80. The predicted octanol–water partition coefficient (Wildman–Crippen LogP) is 2.97. The van der Waals surface area contributed by atoms with Gasteiger partial charge in [0.1, 0.15) is 5.78 Å². The zero-order valence-electron chi connectivity index (χ0n) is 9.82. The minimum absolute atomic E-state index is 0.0710. The topological polar surface area (TPSA) is 60.2 Å². The summed E-state index contributed by atoms with van der Waals surface area (Å²) in [4.78, 5) is 21.6. The number of Topliss-reactive ketones (excluding diaryl/α,β-unsaturated/α-hetero) is 1. The summed E-state index contributed by atoms with van der Waals surface area (Å²) in [6, 6.07) is 0. The van der Waals surface area contributed by atoms with Crippen LogP contribution in [0.1, 0.15) is 57.8 Å². The van der Waals surface area contributed by atoms with Gasteiger partial charge in [-0.3, -0.25) is 14.9 Å². The van der Waals surface area contributed by atoms with E-state index in [-0.39, 0.29) is 23.2 Å². The fraction of sp³-hybridized carbons (Fsp3) is 0.917. The van der Waals surface area contributed by atoms with Crippen LogP contribution in [-0.4, -0.2) is 17.3 Å². The van der Waals surface area contributed by atoms with Gasteiger partial charge in [-0.1, -0.05) is 32.1 Å². The lowest BCUT2D eigenvalue weighted by atomic mass is 9.87. The first-order chi connectivity index (χ1) is 7.70. The quantitative estimate of drug-likeness (QED) is 0.536. The van der Waals surface area contributed by atoms with Gasteiger partial charge in [0.2, 0.25) is 6.54 Å². The fourth-order valence-electron chi connectivity index (χ4n) is 2.36. The lowest BCUT2D eigenvalue weighted by Crippen LogP contribution is -2.17. The van der Waals surface area contributed by atoms with E-state index in [1.165, 1.54) is 19.3 Å². The highest BCUT2D eigenvalue weighted by Crippen LogP contribution is 2.24. The molecule has 0 heterocycles. The zero-order chi connectivity index (χ0) is 11.8. The van der Waals surface area contributed by atoms with E-state index in [1.807, 2.05) is 0 Å². The van der Waals surface area contributed by atoms with Crippen LogP contribution in [-0.2, 0) is 4.79 Å². The van der Waals surface area contributed by atoms with Crippen molar-refractivity contribution in [1.29, 1.82) is 0 Å². The third kappa shape index (κ3) is 5.24. The monoisotopic (exact) mass is 227 g/mol. The van der Waals surface area contributed by atoms with Crippen LogP contribution >= 0.6 is 0 Å². The van der Waals surface area contributed by atoms with Gasteiger partial charge in [0.25, 0.3) is 0 Å². The minimum Gasteiger partial charge on any atom is -0.299 e. The molecule has 0 atom stereocenters. The first-order valence-electron chi connectivity index (χ1n) is 6.34. The molecular weight excluding hydrogens is 206 g/mol. The van der Waals surface area contributed by atoms with Crippen molar-refractivity contribution in [2.75, 3.05) is 6.54 Å². The Bertz CT molecular complexity index is 232. The molecule has 1 fully saturated rings. The standard InChI is InChI=1S/C12H21NO3/c14-12(9-6-10-13(15)16)11-7-4-2-1-3-5-8-11/h11H,1-10H2. The number of nitrogens with zero attached hydrogens (tertiary/aromatic N) is 1. The molecule has 0 radical (unpaired) electrons. The molecule has 1 rings (SSSR count). The van der Waals surface area contributed by atoms with E-state index < -0.39 is 0 Å². The molecule has 16 heavy (non-hydrogen) atoms. The molecule has 0 bridgehead atoms. The van der Waals surface area contributed by atoms with Gasteiger partial charge in [0.05, 0.1) is 0 Å². The van der Waals surface area contributed by atoms with E-state index in [0.717, 1.165) is 25.7 Å². The van der Waals surface area contributed by atoms with Gasteiger partial charge in [-0.05, 0) is 12.8 Å². The van der Waals surface area contributed by atoms with Crippen molar-refractivity contribution in [3.8, 4) is 0 Å². The molecule has 0 unspecified atom stereocenters. The average molecular weight is 227 g/mol. The Labute approximate surface area is 96.6 Å². The molecule has 4 heteroatoms. The number of nitro groups is 1. The summed E-state index contributed by atoms with van der Waals surface area (Å²) in [7, 11) is 0. The fourth-order valence-corrected chi connectivity index (χ4v) is 2.36. The average Bonchev–Trinajstić information content (AvgIpc) is 2.15. The molecular formula is C12H21NO3. The van der Waals surface area contributed by atoms with Crippen LogP contribution in [0.25, 0.3) is 0 Å². The van der Waals surface area contributed by atoms with Crippen LogP contribution in [0.2, 0.25) is 0 Å². The van der Waals surface area contributed by atoms with Crippen LogP contribution in [0, 0.1) is 16.0 Å². The van der Waals surface area contributed by atoms with E-state index >= 15 is 0 Å². The van der Waals surface area contributed by atoms with E-state index in [2.05, 4.69) is 0 Å². The molecule has 0 aromatic carbocycles. The largest absolute Gasteiger partial charge is 0.299 e. The predicted molar refractivity (Wildman–Crippen MR) is 61.9 cm³/mol. The first kappa shape index (κ1) is 13.1. The number of hydrogen-bond donors (Lipinski definition) is 0. The van der Waals surface area contributed by atoms with E-state index in [9.17, 15) is 14.9 Å². The van der Waals surface area contributed by atoms with Crippen molar-refractivity contribution in [2.24, 2.45) is 5.92 Å². The van der Waals surface area contributed by atoms with Gasteiger partial charge in [0.15, 0.2) is 0 Å². The summed E-state index contributed by atoms with van der Waals surface area (Å²) in [5.41, 5.74) is 0. The third-order valence-electron chi connectivity index (χ3n) is 3.32. The van der Waals surface area contributed by atoms with Crippen LogP contribution in [0.3, 0.4) is 0 Å². The SMILES string of the molecule is O=C(CCC[N+](=O)[O-])C1CCCCCCC1. The van der Waals surface area contributed by atoms with Crippen LogP contribution < -0.4 is 0 Å². The van der Waals surface area contributed by atoms with Gasteiger partial charge in [0, 0.05) is 23.7 Å². The number of hydrogen-bond acceptors (Lipinski definition) is 3. The lowest BCUT2D eigenvalue weighted by molar-refractivity contribution is -0.480. The van der Waals surface area contributed by atoms with Crippen molar-refractivity contribution >= 4 is 5.78 Å². The molecule has 0 spiro atoms. The molecule has 0 aromatic heterocycles. The van der Waals surface area contributed by atoms with Gasteiger partial charge >= 0.3 is 0 Å². The van der Waals surface area contributed by atoms with Crippen LogP contribution in [0.5, 0.6) is 0 Å².